The summed E-state index contributed by atoms with van der Waals surface area (Å²) in [5, 5.41) is 0.791. The fourth-order valence-corrected chi connectivity index (χ4v) is 3.20. The molecule has 2 atom stereocenters. The third-order valence-corrected chi connectivity index (χ3v) is 3.92. The Morgan fingerprint density at radius 3 is 2.47 bits per heavy atom. The van der Waals surface area contributed by atoms with Crippen LogP contribution in [-0.2, 0) is 5.88 Å². The molecular weight excluding hydrogens is 253 g/mol. The van der Waals surface area contributed by atoms with Crippen LogP contribution in [0.4, 0.5) is 5.69 Å². The maximum atomic E-state index is 6.10. The Balaban J connectivity index is 2.28. The van der Waals surface area contributed by atoms with Gasteiger partial charge in [0.15, 0.2) is 0 Å². The zero-order valence-corrected chi connectivity index (χ0v) is 11.9. The molecule has 0 spiro atoms. The molecule has 1 fully saturated rings. The second kappa shape index (κ2) is 5.49. The number of anilines is 1. The van der Waals surface area contributed by atoms with Crippen molar-refractivity contribution in [1.82, 2.24) is 0 Å². The Morgan fingerprint density at radius 1 is 1.24 bits per heavy atom. The number of nitrogens with zero attached hydrogens (tertiary/aromatic N) is 1. The lowest BCUT2D eigenvalue weighted by atomic mass is 9.91. The Labute approximate surface area is 114 Å². The van der Waals surface area contributed by atoms with Crippen LogP contribution in [0.25, 0.3) is 0 Å². The van der Waals surface area contributed by atoms with Crippen molar-refractivity contribution in [2.24, 2.45) is 11.8 Å². The number of hydrogen-bond acceptors (Lipinski definition) is 1. The first-order valence-corrected chi connectivity index (χ1v) is 7.10. The van der Waals surface area contributed by atoms with Gasteiger partial charge in [0.1, 0.15) is 0 Å². The van der Waals surface area contributed by atoms with Crippen molar-refractivity contribution in [2.45, 2.75) is 26.1 Å². The van der Waals surface area contributed by atoms with Crippen LogP contribution in [0.15, 0.2) is 18.2 Å². The Hall–Kier alpha value is -0.400. The van der Waals surface area contributed by atoms with Gasteiger partial charge in [0.25, 0.3) is 0 Å². The van der Waals surface area contributed by atoms with Crippen LogP contribution >= 0.6 is 23.2 Å². The van der Waals surface area contributed by atoms with Gasteiger partial charge in [-0.05, 0) is 36.0 Å². The number of halogens is 2. The first-order valence-electron chi connectivity index (χ1n) is 6.19. The van der Waals surface area contributed by atoms with E-state index in [4.69, 9.17) is 23.2 Å². The molecule has 2 rings (SSSR count). The maximum absolute atomic E-state index is 6.10. The molecule has 0 aromatic heterocycles. The molecule has 1 aliphatic heterocycles. The van der Waals surface area contributed by atoms with Crippen LogP contribution in [0.5, 0.6) is 0 Å². The Kier molecular flexibility index (Phi) is 4.22. The van der Waals surface area contributed by atoms with E-state index in [2.05, 4.69) is 18.7 Å². The summed E-state index contributed by atoms with van der Waals surface area (Å²) in [4.78, 5) is 2.43. The molecule has 1 heterocycles. The molecule has 0 radical (unpaired) electrons. The standard InChI is InChI=1S/C14H19Cl2N/c1-10-5-11(2)9-17(8-10)14-6-13(16)4-3-12(14)7-15/h3-4,6,10-11H,5,7-9H2,1-2H3. The van der Waals surface area contributed by atoms with E-state index >= 15 is 0 Å². The minimum atomic E-state index is 0.547. The summed E-state index contributed by atoms with van der Waals surface area (Å²) in [5.74, 6) is 2.02. The monoisotopic (exact) mass is 271 g/mol. The van der Waals surface area contributed by atoms with E-state index in [0.717, 1.165) is 29.9 Å². The van der Waals surface area contributed by atoms with Gasteiger partial charge in [0.2, 0.25) is 0 Å². The highest BCUT2D eigenvalue weighted by Gasteiger charge is 2.23. The molecule has 1 aromatic carbocycles. The van der Waals surface area contributed by atoms with E-state index < -0.39 is 0 Å². The molecule has 1 aliphatic rings. The van der Waals surface area contributed by atoms with Crippen LogP contribution in [0.3, 0.4) is 0 Å². The van der Waals surface area contributed by atoms with Gasteiger partial charge < -0.3 is 4.90 Å². The highest BCUT2D eigenvalue weighted by Crippen LogP contribution is 2.31. The zero-order chi connectivity index (χ0) is 12.4. The van der Waals surface area contributed by atoms with Crippen LogP contribution in [0, 0.1) is 11.8 Å². The fraction of sp³-hybridized carbons (Fsp3) is 0.571. The lowest BCUT2D eigenvalue weighted by Gasteiger charge is -2.37. The lowest BCUT2D eigenvalue weighted by Crippen LogP contribution is -2.39. The Morgan fingerprint density at radius 2 is 1.88 bits per heavy atom. The SMILES string of the molecule is CC1CC(C)CN(c2cc(Cl)ccc2CCl)C1. The summed E-state index contributed by atoms with van der Waals surface area (Å²) in [6.07, 6.45) is 1.31. The fourth-order valence-electron chi connectivity index (χ4n) is 2.80. The Bertz CT molecular complexity index is 382. The molecule has 0 N–H and O–H groups in total. The third kappa shape index (κ3) is 3.08. The quantitative estimate of drug-likeness (QED) is 0.713. The molecule has 2 unspecified atom stereocenters. The van der Waals surface area contributed by atoms with E-state index in [-0.39, 0.29) is 0 Å². The van der Waals surface area contributed by atoms with Crippen molar-refractivity contribution in [3.05, 3.63) is 28.8 Å². The van der Waals surface area contributed by atoms with Crippen molar-refractivity contribution in [3.8, 4) is 0 Å². The average molecular weight is 272 g/mol. The number of hydrogen-bond donors (Lipinski definition) is 0. The van der Waals surface area contributed by atoms with Crippen molar-refractivity contribution in [2.75, 3.05) is 18.0 Å². The molecule has 0 amide bonds. The summed E-state index contributed by atoms with van der Waals surface area (Å²) in [5.41, 5.74) is 2.39. The molecule has 1 saturated heterocycles. The van der Waals surface area contributed by atoms with Crippen LogP contribution in [0.2, 0.25) is 5.02 Å². The summed E-state index contributed by atoms with van der Waals surface area (Å²) < 4.78 is 0. The lowest BCUT2D eigenvalue weighted by molar-refractivity contribution is 0.356. The van der Waals surface area contributed by atoms with Gasteiger partial charge in [0.05, 0.1) is 0 Å². The molecule has 0 aliphatic carbocycles. The molecule has 94 valence electrons. The number of benzene rings is 1. The smallest absolute Gasteiger partial charge is 0.0494 e. The van der Waals surface area contributed by atoms with E-state index in [0.29, 0.717) is 5.88 Å². The van der Waals surface area contributed by atoms with E-state index in [9.17, 15) is 0 Å². The van der Waals surface area contributed by atoms with Crippen molar-refractivity contribution >= 4 is 28.9 Å². The van der Waals surface area contributed by atoms with Crippen LogP contribution < -0.4 is 4.90 Å². The molecule has 0 bridgehead atoms. The van der Waals surface area contributed by atoms with Gasteiger partial charge in [-0.15, -0.1) is 11.6 Å². The molecular formula is C14H19Cl2N. The minimum absolute atomic E-state index is 0.547. The number of rotatable bonds is 2. The van der Waals surface area contributed by atoms with Gasteiger partial charge in [-0.2, -0.15) is 0 Å². The largest absolute Gasteiger partial charge is 0.371 e. The minimum Gasteiger partial charge on any atom is -0.371 e. The molecule has 0 saturated carbocycles. The van der Waals surface area contributed by atoms with Crippen molar-refractivity contribution in [1.29, 1.82) is 0 Å². The van der Waals surface area contributed by atoms with E-state index in [1.165, 1.54) is 17.7 Å². The summed E-state index contributed by atoms with van der Waals surface area (Å²) >= 11 is 12.1. The first kappa shape index (κ1) is 13.0. The third-order valence-electron chi connectivity index (χ3n) is 3.40. The van der Waals surface area contributed by atoms with E-state index in [1.807, 2.05) is 18.2 Å². The summed E-state index contributed by atoms with van der Waals surface area (Å²) in [6, 6.07) is 6.00. The average Bonchev–Trinajstić information content (AvgIpc) is 2.27. The molecule has 17 heavy (non-hydrogen) atoms. The van der Waals surface area contributed by atoms with Gasteiger partial charge >= 0.3 is 0 Å². The highest BCUT2D eigenvalue weighted by atomic mass is 35.5. The predicted octanol–water partition coefficient (Wildman–Crippen LogP) is 4.56. The zero-order valence-electron chi connectivity index (χ0n) is 10.4. The van der Waals surface area contributed by atoms with Crippen LogP contribution in [-0.4, -0.2) is 13.1 Å². The van der Waals surface area contributed by atoms with Gasteiger partial charge in [-0.25, -0.2) is 0 Å². The van der Waals surface area contributed by atoms with Gasteiger partial charge in [-0.3, -0.25) is 0 Å². The maximum Gasteiger partial charge on any atom is 0.0494 e. The number of alkyl halides is 1. The second-order valence-corrected chi connectivity index (χ2v) is 5.96. The second-order valence-electron chi connectivity index (χ2n) is 5.26. The van der Waals surface area contributed by atoms with Crippen molar-refractivity contribution < 1.29 is 0 Å². The summed E-state index contributed by atoms with van der Waals surface area (Å²) in [6.45, 7) is 6.84. The molecule has 1 aromatic rings. The molecule has 1 nitrogen and oxygen atoms in total. The number of piperidine rings is 1. The van der Waals surface area contributed by atoms with E-state index in [1.54, 1.807) is 0 Å². The van der Waals surface area contributed by atoms with Gasteiger partial charge in [0, 0.05) is 29.7 Å². The van der Waals surface area contributed by atoms with Gasteiger partial charge in [-0.1, -0.05) is 31.5 Å². The normalized spacial score (nSPS) is 25.1. The predicted molar refractivity (Wildman–Crippen MR) is 76.2 cm³/mol. The van der Waals surface area contributed by atoms with Crippen molar-refractivity contribution in [3.63, 3.8) is 0 Å². The molecule has 3 heteroatoms. The first-order chi connectivity index (χ1) is 8.10. The topological polar surface area (TPSA) is 3.24 Å². The van der Waals surface area contributed by atoms with Crippen LogP contribution in [0.1, 0.15) is 25.8 Å². The highest BCUT2D eigenvalue weighted by molar-refractivity contribution is 6.31. The summed E-state index contributed by atoms with van der Waals surface area (Å²) in [7, 11) is 0.